The molecule has 0 amide bonds. The van der Waals surface area contributed by atoms with Crippen LogP contribution in [0.25, 0.3) is 0 Å². The van der Waals surface area contributed by atoms with Crippen LogP contribution in [0, 0.1) is 0 Å². The molecule has 1 fully saturated rings. The van der Waals surface area contributed by atoms with Crippen molar-refractivity contribution in [2.75, 3.05) is 6.54 Å². The smallest absolute Gasteiger partial charge is 0.304 e. The number of carbonyl (C=O) groups is 1. The minimum absolute atomic E-state index is 0.286. The quantitative estimate of drug-likeness (QED) is 0.616. The Kier molecular flexibility index (Phi) is 5.81. The predicted molar refractivity (Wildman–Crippen MR) is 65.6 cm³/mol. The molecular formula is C13H25NO2. The van der Waals surface area contributed by atoms with Gasteiger partial charge in [0.2, 0.25) is 0 Å². The number of carboxylic acids is 1. The molecule has 3 heteroatoms. The van der Waals surface area contributed by atoms with Crippen molar-refractivity contribution in [3.05, 3.63) is 0 Å². The number of hydrogen-bond acceptors (Lipinski definition) is 2. The van der Waals surface area contributed by atoms with E-state index in [0.717, 1.165) is 6.54 Å². The molecule has 1 atom stereocenters. The molecule has 1 N–H and O–H groups in total. The Morgan fingerprint density at radius 3 is 2.62 bits per heavy atom. The van der Waals surface area contributed by atoms with Crippen LogP contribution in [0.4, 0.5) is 0 Å². The number of carboxylic acid groups (broad SMARTS) is 1. The highest BCUT2D eigenvalue weighted by Gasteiger charge is 2.31. The molecule has 0 aromatic heterocycles. The lowest BCUT2D eigenvalue weighted by molar-refractivity contribution is -0.137. The topological polar surface area (TPSA) is 40.5 Å². The van der Waals surface area contributed by atoms with Crippen LogP contribution in [0.2, 0.25) is 0 Å². The summed E-state index contributed by atoms with van der Waals surface area (Å²) in [7, 11) is 0. The van der Waals surface area contributed by atoms with E-state index in [1.54, 1.807) is 0 Å². The van der Waals surface area contributed by atoms with Gasteiger partial charge in [-0.25, -0.2) is 0 Å². The molecule has 1 aliphatic carbocycles. The first kappa shape index (κ1) is 13.5. The average Bonchev–Trinajstić information content (AvgIpc) is 3.02. The van der Waals surface area contributed by atoms with Gasteiger partial charge >= 0.3 is 5.97 Å². The maximum Gasteiger partial charge on any atom is 0.304 e. The van der Waals surface area contributed by atoms with Crippen LogP contribution in [-0.4, -0.2) is 34.6 Å². The normalized spacial score (nSPS) is 17.7. The summed E-state index contributed by atoms with van der Waals surface area (Å²) >= 11 is 0. The first-order chi connectivity index (χ1) is 7.65. The average molecular weight is 227 g/mol. The zero-order valence-corrected chi connectivity index (χ0v) is 10.6. The van der Waals surface area contributed by atoms with Crippen molar-refractivity contribution in [1.82, 2.24) is 4.90 Å². The lowest BCUT2D eigenvalue weighted by Crippen LogP contribution is -2.36. The van der Waals surface area contributed by atoms with E-state index >= 15 is 0 Å². The molecule has 94 valence electrons. The van der Waals surface area contributed by atoms with Gasteiger partial charge in [-0.3, -0.25) is 9.69 Å². The SMILES string of the molecule is CCCCCC(C)N(CCC(=O)O)C1CC1. The fourth-order valence-corrected chi connectivity index (χ4v) is 2.25. The fourth-order valence-electron chi connectivity index (χ4n) is 2.25. The van der Waals surface area contributed by atoms with Crippen LogP contribution in [0.3, 0.4) is 0 Å². The minimum atomic E-state index is -0.675. The highest BCUT2D eigenvalue weighted by atomic mass is 16.4. The molecule has 1 rings (SSSR count). The van der Waals surface area contributed by atoms with Gasteiger partial charge in [-0.2, -0.15) is 0 Å². The largest absolute Gasteiger partial charge is 0.481 e. The number of unbranched alkanes of at least 4 members (excludes halogenated alkanes) is 2. The van der Waals surface area contributed by atoms with Gasteiger partial charge in [0.1, 0.15) is 0 Å². The van der Waals surface area contributed by atoms with Crippen molar-refractivity contribution in [2.45, 2.75) is 70.9 Å². The third kappa shape index (κ3) is 4.97. The Hall–Kier alpha value is -0.570. The third-order valence-corrected chi connectivity index (χ3v) is 3.39. The van der Waals surface area contributed by atoms with Crippen molar-refractivity contribution in [2.24, 2.45) is 0 Å². The van der Waals surface area contributed by atoms with E-state index in [9.17, 15) is 4.79 Å². The Balaban J connectivity index is 2.27. The maximum absolute atomic E-state index is 10.6. The molecule has 1 unspecified atom stereocenters. The summed E-state index contributed by atoms with van der Waals surface area (Å²) in [5.74, 6) is -0.675. The Morgan fingerprint density at radius 2 is 2.12 bits per heavy atom. The number of rotatable bonds is 9. The van der Waals surface area contributed by atoms with Gasteiger partial charge in [-0.1, -0.05) is 26.2 Å². The predicted octanol–water partition coefficient (Wildman–Crippen LogP) is 2.89. The Morgan fingerprint density at radius 1 is 1.44 bits per heavy atom. The van der Waals surface area contributed by atoms with E-state index in [2.05, 4.69) is 18.7 Å². The highest BCUT2D eigenvalue weighted by molar-refractivity contribution is 5.66. The first-order valence-electron chi connectivity index (χ1n) is 6.62. The second kappa shape index (κ2) is 6.89. The van der Waals surface area contributed by atoms with Gasteiger partial charge in [0.25, 0.3) is 0 Å². The maximum atomic E-state index is 10.6. The van der Waals surface area contributed by atoms with Gasteiger partial charge < -0.3 is 5.11 Å². The number of nitrogens with zero attached hydrogens (tertiary/aromatic N) is 1. The molecule has 1 aliphatic rings. The van der Waals surface area contributed by atoms with Crippen LogP contribution in [-0.2, 0) is 4.79 Å². The molecular weight excluding hydrogens is 202 g/mol. The Labute approximate surface area is 98.8 Å². The molecule has 0 heterocycles. The summed E-state index contributed by atoms with van der Waals surface area (Å²) in [6.45, 7) is 5.19. The summed E-state index contributed by atoms with van der Waals surface area (Å²) in [6, 6.07) is 1.23. The molecule has 0 aromatic rings. The molecule has 0 aliphatic heterocycles. The number of hydrogen-bond donors (Lipinski definition) is 1. The highest BCUT2D eigenvalue weighted by Crippen LogP contribution is 2.30. The van der Waals surface area contributed by atoms with Gasteiger partial charge in [0, 0.05) is 18.6 Å². The third-order valence-electron chi connectivity index (χ3n) is 3.39. The van der Waals surface area contributed by atoms with Gasteiger partial charge in [0.05, 0.1) is 6.42 Å². The van der Waals surface area contributed by atoms with E-state index in [0.29, 0.717) is 12.1 Å². The summed E-state index contributed by atoms with van der Waals surface area (Å²) in [5.41, 5.74) is 0. The molecule has 0 aromatic carbocycles. The molecule has 16 heavy (non-hydrogen) atoms. The van der Waals surface area contributed by atoms with E-state index < -0.39 is 5.97 Å². The molecule has 0 bridgehead atoms. The van der Waals surface area contributed by atoms with E-state index in [4.69, 9.17) is 5.11 Å². The lowest BCUT2D eigenvalue weighted by Gasteiger charge is -2.28. The van der Waals surface area contributed by atoms with Crippen LogP contribution < -0.4 is 0 Å². The van der Waals surface area contributed by atoms with Gasteiger partial charge in [0.15, 0.2) is 0 Å². The fraction of sp³-hybridized carbons (Fsp3) is 0.923. The summed E-state index contributed by atoms with van der Waals surface area (Å²) in [5, 5.41) is 8.73. The minimum Gasteiger partial charge on any atom is -0.481 e. The summed E-state index contributed by atoms with van der Waals surface area (Å²) in [4.78, 5) is 13.0. The van der Waals surface area contributed by atoms with Crippen molar-refractivity contribution < 1.29 is 9.90 Å². The molecule has 0 spiro atoms. The zero-order chi connectivity index (χ0) is 12.0. The van der Waals surface area contributed by atoms with Crippen molar-refractivity contribution in [3.63, 3.8) is 0 Å². The van der Waals surface area contributed by atoms with Crippen molar-refractivity contribution in [3.8, 4) is 0 Å². The molecule has 0 radical (unpaired) electrons. The standard InChI is InChI=1S/C13H25NO2/c1-3-4-5-6-11(2)14(12-7-8-12)10-9-13(15)16/h11-12H,3-10H2,1-2H3,(H,15,16). The monoisotopic (exact) mass is 227 g/mol. The van der Waals surface area contributed by atoms with Crippen LogP contribution in [0.15, 0.2) is 0 Å². The van der Waals surface area contributed by atoms with Crippen molar-refractivity contribution >= 4 is 5.97 Å². The van der Waals surface area contributed by atoms with Crippen LogP contribution in [0.1, 0.15) is 58.8 Å². The lowest BCUT2D eigenvalue weighted by atomic mass is 10.1. The van der Waals surface area contributed by atoms with Crippen LogP contribution >= 0.6 is 0 Å². The second-order valence-electron chi connectivity index (χ2n) is 4.96. The second-order valence-corrected chi connectivity index (χ2v) is 4.96. The van der Waals surface area contributed by atoms with Gasteiger partial charge in [-0.15, -0.1) is 0 Å². The van der Waals surface area contributed by atoms with E-state index in [-0.39, 0.29) is 6.42 Å². The van der Waals surface area contributed by atoms with Crippen molar-refractivity contribution in [1.29, 1.82) is 0 Å². The molecule has 1 saturated carbocycles. The number of aliphatic carboxylic acids is 1. The Bertz CT molecular complexity index is 214. The van der Waals surface area contributed by atoms with Crippen LogP contribution in [0.5, 0.6) is 0 Å². The summed E-state index contributed by atoms with van der Waals surface area (Å²) < 4.78 is 0. The molecule has 3 nitrogen and oxygen atoms in total. The van der Waals surface area contributed by atoms with E-state index in [1.165, 1.54) is 38.5 Å². The van der Waals surface area contributed by atoms with E-state index in [1.807, 2.05) is 0 Å². The zero-order valence-electron chi connectivity index (χ0n) is 10.6. The first-order valence-corrected chi connectivity index (χ1v) is 6.62. The summed E-state index contributed by atoms with van der Waals surface area (Å²) in [6.07, 6.45) is 7.84. The van der Waals surface area contributed by atoms with Gasteiger partial charge in [-0.05, 0) is 26.2 Å². The molecule has 0 saturated heterocycles.